The summed E-state index contributed by atoms with van der Waals surface area (Å²) in [6.45, 7) is 6.83. The molecule has 32 heavy (non-hydrogen) atoms. The molecule has 8 heteroatoms. The number of piperazine rings is 1. The Balaban J connectivity index is 1.18. The molecular formula is C24H31ClN4O3. The fourth-order valence-corrected chi connectivity index (χ4v) is 5.74. The second-order valence-electron chi connectivity index (χ2n) is 9.48. The molecule has 1 spiro atoms. The van der Waals surface area contributed by atoms with Crippen molar-refractivity contribution in [2.75, 3.05) is 52.9 Å². The normalized spacial score (nSPS) is 32.0. The molecule has 172 valence electrons. The molecule has 4 heterocycles. The van der Waals surface area contributed by atoms with Crippen molar-refractivity contribution in [3.05, 3.63) is 47.0 Å². The topological polar surface area (TPSA) is 65.1 Å². The Bertz CT molecular complexity index is 916. The Morgan fingerprint density at radius 3 is 2.81 bits per heavy atom. The number of halogens is 1. The first-order valence-corrected chi connectivity index (χ1v) is 11.9. The van der Waals surface area contributed by atoms with Crippen LogP contribution in [-0.2, 0) is 20.9 Å². The lowest BCUT2D eigenvalue weighted by Gasteiger charge is -2.32. The van der Waals surface area contributed by atoms with Crippen LogP contribution in [0.5, 0.6) is 0 Å². The van der Waals surface area contributed by atoms with E-state index in [-0.39, 0.29) is 17.9 Å². The maximum Gasteiger partial charge on any atom is 0.230 e. The summed E-state index contributed by atoms with van der Waals surface area (Å²) >= 11 is 6.31. The van der Waals surface area contributed by atoms with Gasteiger partial charge in [0.15, 0.2) is 0 Å². The fourth-order valence-electron chi connectivity index (χ4n) is 5.55. The van der Waals surface area contributed by atoms with E-state index in [0.717, 1.165) is 44.7 Å². The first-order valence-electron chi connectivity index (χ1n) is 11.5. The molecule has 4 aliphatic rings. The average molecular weight is 459 g/mol. The Hall–Kier alpha value is -1.93. The SMILES string of the molecule is CN1CCN(CCCNC(=O)[C@@H]2[C@H]3C=C[C@@]4(CN(Cc5ccccc5Cl)C(=O)[C@@H]24)O3)CC1. The standard InChI is InChI=1S/C24H31ClN4O3/c1-27-11-13-28(14-12-27)10-4-9-26-22(30)20-19-7-8-24(32-19)16-29(23(31)21(20)24)15-17-5-2-3-6-18(17)25/h2-3,5-8,19-21H,4,9-16H2,1H3,(H,26,30)/t19-,20-,21-,24+/m1/s1. The molecule has 2 bridgehead atoms. The zero-order valence-corrected chi connectivity index (χ0v) is 19.3. The van der Waals surface area contributed by atoms with E-state index in [1.54, 1.807) is 4.90 Å². The third-order valence-electron chi connectivity index (χ3n) is 7.35. The van der Waals surface area contributed by atoms with Crippen LogP contribution in [0.4, 0.5) is 0 Å². The van der Waals surface area contributed by atoms with Gasteiger partial charge in [-0.2, -0.15) is 0 Å². The average Bonchev–Trinajstić information content (AvgIpc) is 3.42. The number of hydrogen-bond donors (Lipinski definition) is 1. The van der Waals surface area contributed by atoms with E-state index < -0.39 is 17.4 Å². The molecule has 0 aliphatic carbocycles. The van der Waals surface area contributed by atoms with Crippen LogP contribution >= 0.6 is 11.6 Å². The number of fused-ring (bicyclic) bond motifs is 1. The van der Waals surface area contributed by atoms with Crippen molar-refractivity contribution < 1.29 is 14.3 Å². The van der Waals surface area contributed by atoms with Gasteiger partial charge in [-0.1, -0.05) is 42.0 Å². The molecule has 0 radical (unpaired) electrons. The Morgan fingerprint density at radius 2 is 2.03 bits per heavy atom. The van der Waals surface area contributed by atoms with Crippen LogP contribution < -0.4 is 5.32 Å². The van der Waals surface area contributed by atoms with Crippen LogP contribution in [0, 0.1) is 11.8 Å². The molecule has 2 amide bonds. The van der Waals surface area contributed by atoms with Gasteiger partial charge in [-0.15, -0.1) is 0 Å². The number of carbonyl (C=O) groups excluding carboxylic acids is 2. The minimum absolute atomic E-state index is 0.0191. The minimum atomic E-state index is -0.690. The molecule has 5 rings (SSSR count). The van der Waals surface area contributed by atoms with Crippen LogP contribution in [0.3, 0.4) is 0 Å². The van der Waals surface area contributed by atoms with Gasteiger partial charge in [0.2, 0.25) is 11.8 Å². The summed E-state index contributed by atoms with van der Waals surface area (Å²) in [6, 6.07) is 7.56. The Labute approximate surface area is 194 Å². The maximum atomic E-state index is 13.3. The first kappa shape index (κ1) is 21.9. The predicted molar refractivity (Wildman–Crippen MR) is 122 cm³/mol. The highest BCUT2D eigenvalue weighted by molar-refractivity contribution is 6.31. The van der Waals surface area contributed by atoms with Crippen LogP contribution in [0.15, 0.2) is 36.4 Å². The number of hydrogen-bond acceptors (Lipinski definition) is 5. The monoisotopic (exact) mass is 458 g/mol. The van der Waals surface area contributed by atoms with Gasteiger partial charge in [-0.05, 0) is 31.6 Å². The van der Waals surface area contributed by atoms with E-state index in [4.69, 9.17) is 16.3 Å². The summed E-state index contributed by atoms with van der Waals surface area (Å²) in [5.41, 5.74) is 0.215. The number of ether oxygens (including phenoxy) is 1. The molecule has 1 aromatic rings. The lowest BCUT2D eigenvalue weighted by molar-refractivity contribution is -0.137. The second-order valence-corrected chi connectivity index (χ2v) is 9.88. The summed E-state index contributed by atoms with van der Waals surface area (Å²) in [5, 5.41) is 3.72. The third-order valence-corrected chi connectivity index (χ3v) is 7.72. The number of benzene rings is 1. The molecule has 4 atom stereocenters. The van der Waals surface area contributed by atoms with Crippen molar-refractivity contribution in [2.45, 2.75) is 24.7 Å². The van der Waals surface area contributed by atoms with Gasteiger partial charge in [0.1, 0.15) is 5.60 Å². The van der Waals surface area contributed by atoms with Gasteiger partial charge >= 0.3 is 0 Å². The van der Waals surface area contributed by atoms with E-state index in [2.05, 4.69) is 22.2 Å². The smallest absolute Gasteiger partial charge is 0.230 e. The highest BCUT2D eigenvalue weighted by Gasteiger charge is 2.66. The summed E-state index contributed by atoms with van der Waals surface area (Å²) < 4.78 is 6.22. The Kier molecular flexibility index (Phi) is 6.01. The zero-order valence-electron chi connectivity index (χ0n) is 18.5. The van der Waals surface area contributed by atoms with Gasteiger partial charge in [0.25, 0.3) is 0 Å². The molecule has 3 fully saturated rings. The van der Waals surface area contributed by atoms with E-state index in [1.165, 1.54) is 0 Å². The predicted octanol–water partition coefficient (Wildman–Crippen LogP) is 1.38. The van der Waals surface area contributed by atoms with Gasteiger partial charge in [-0.3, -0.25) is 9.59 Å². The fraction of sp³-hybridized carbons (Fsp3) is 0.583. The molecular weight excluding hydrogens is 428 g/mol. The largest absolute Gasteiger partial charge is 0.360 e. The van der Waals surface area contributed by atoms with Crippen molar-refractivity contribution in [1.82, 2.24) is 20.0 Å². The number of carbonyl (C=O) groups is 2. The third kappa shape index (κ3) is 3.96. The van der Waals surface area contributed by atoms with Crippen LogP contribution in [0.25, 0.3) is 0 Å². The minimum Gasteiger partial charge on any atom is -0.360 e. The molecule has 1 aromatic carbocycles. The lowest BCUT2D eigenvalue weighted by atomic mass is 9.77. The van der Waals surface area contributed by atoms with Gasteiger partial charge in [0.05, 0.1) is 24.5 Å². The second kappa shape index (κ2) is 8.78. The summed E-state index contributed by atoms with van der Waals surface area (Å²) in [5.74, 6) is -1.02. The van der Waals surface area contributed by atoms with Crippen LogP contribution in [0.1, 0.15) is 12.0 Å². The number of likely N-dealkylation sites (N-methyl/N-ethyl adjacent to an activating group) is 1. The molecule has 3 saturated heterocycles. The summed E-state index contributed by atoms with van der Waals surface area (Å²) in [4.78, 5) is 33.0. The van der Waals surface area contributed by atoms with Crippen molar-refractivity contribution in [3.63, 3.8) is 0 Å². The van der Waals surface area contributed by atoms with Gasteiger partial charge in [0, 0.05) is 44.3 Å². The van der Waals surface area contributed by atoms with E-state index in [9.17, 15) is 9.59 Å². The number of nitrogens with zero attached hydrogens (tertiary/aromatic N) is 3. The van der Waals surface area contributed by atoms with E-state index in [1.807, 2.05) is 36.4 Å². The van der Waals surface area contributed by atoms with Crippen LogP contribution in [0.2, 0.25) is 5.02 Å². The van der Waals surface area contributed by atoms with E-state index in [0.29, 0.717) is 24.7 Å². The summed E-state index contributed by atoms with van der Waals surface area (Å²) in [7, 11) is 2.15. The number of amides is 2. The van der Waals surface area contributed by atoms with E-state index >= 15 is 0 Å². The zero-order chi connectivity index (χ0) is 22.3. The molecule has 4 aliphatic heterocycles. The maximum absolute atomic E-state index is 13.3. The first-order chi connectivity index (χ1) is 15.5. The van der Waals surface area contributed by atoms with Gasteiger partial charge < -0.3 is 24.8 Å². The van der Waals surface area contributed by atoms with Crippen molar-refractivity contribution in [1.29, 1.82) is 0 Å². The van der Waals surface area contributed by atoms with Crippen molar-refractivity contribution >= 4 is 23.4 Å². The van der Waals surface area contributed by atoms with Crippen LogP contribution in [-0.4, -0.2) is 91.1 Å². The highest BCUT2D eigenvalue weighted by atomic mass is 35.5. The molecule has 1 N–H and O–H groups in total. The number of nitrogens with one attached hydrogen (secondary N) is 1. The number of rotatable bonds is 7. The van der Waals surface area contributed by atoms with Crippen molar-refractivity contribution in [3.8, 4) is 0 Å². The lowest BCUT2D eigenvalue weighted by Crippen LogP contribution is -2.46. The van der Waals surface area contributed by atoms with Crippen molar-refractivity contribution in [2.24, 2.45) is 11.8 Å². The molecule has 0 unspecified atom stereocenters. The number of likely N-dealkylation sites (tertiary alicyclic amines) is 1. The summed E-state index contributed by atoms with van der Waals surface area (Å²) in [6.07, 6.45) is 4.54. The highest BCUT2D eigenvalue weighted by Crippen LogP contribution is 2.52. The molecule has 0 saturated carbocycles. The Morgan fingerprint density at radius 1 is 1.25 bits per heavy atom. The molecule has 0 aromatic heterocycles. The molecule has 7 nitrogen and oxygen atoms in total. The quantitative estimate of drug-likeness (QED) is 0.494. The van der Waals surface area contributed by atoms with Gasteiger partial charge in [-0.25, -0.2) is 0 Å².